The number of ether oxygens (including phenoxy) is 1. The molecule has 4 aliphatic rings. The van der Waals surface area contributed by atoms with E-state index in [0.29, 0.717) is 18.0 Å². The van der Waals surface area contributed by atoms with Gasteiger partial charge in [0.15, 0.2) is 0 Å². The summed E-state index contributed by atoms with van der Waals surface area (Å²) in [6, 6.07) is 12.0. The van der Waals surface area contributed by atoms with Crippen LogP contribution in [0.2, 0.25) is 0 Å². The van der Waals surface area contributed by atoms with Crippen molar-refractivity contribution < 1.29 is 9.53 Å². The third kappa shape index (κ3) is 2.55. The Balaban J connectivity index is 1.44. The second-order valence-corrected chi connectivity index (χ2v) is 8.50. The Hall–Kier alpha value is -1.91. The van der Waals surface area contributed by atoms with E-state index in [1.54, 1.807) is 11.3 Å². The van der Waals surface area contributed by atoms with Crippen molar-refractivity contribution in [3.05, 3.63) is 52.2 Å². The van der Waals surface area contributed by atoms with Crippen LogP contribution < -0.4 is 0 Å². The number of carbonyl (C=O) groups excluding carboxylic acids is 1. The van der Waals surface area contributed by atoms with Gasteiger partial charge in [0.1, 0.15) is 0 Å². The number of esters is 1. The van der Waals surface area contributed by atoms with Gasteiger partial charge in [-0.15, -0.1) is 0 Å². The van der Waals surface area contributed by atoms with Crippen LogP contribution in [0.25, 0.3) is 17.2 Å². The summed E-state index contributed by atoms with van der Waals surface area (Å²) in [6.07, 6.45) is 5.79. The zero-order valence-electron chi connectivity index (χ0n) is 14.9. The van der Waals surface area contributed by atoms with E-state index in [4.69, 9.17) is 4.74 Å². The minimum absolute atomic E-state index is 0.0174. The zero-order valence-corrected chi connectivity index (χ0v) is 15.7. The Labute approximate surface area is 158 Å². The molecule has 0 saturated carbocycles. The highest BCUT2D eigenvalue weighted by Gasteiger charge is 2.55. The molecule has 0 radical (unpaired) electrons. The SMILES string of the molecule is COC(=O)[C@H]1[C@@H]2C[C@@H]3CC[C@H]1N3C/C2=C\c1ccc(-c2ccsc2)cc1. The number of fused-ring (bicyclic) bond motifs is 1. The molecule has 0 amide bonds. The maximum Gasteiger partial charge on any atom is 0.310 e. The maximum atomic E-state index is 12.4. The Bertz CT molecular complexity index is 840. The summed E-state index contributed by atoms with van der Waals surface area (Å²) in [5.41, 5.74) is 5.16. The molecule has 0 aliphatic carbocycles. The van der Waals surface area contributed by atoms with Gasteiger partial charge < -0.3 is 4.74 Å². The monoisotopic (exact) mass is 365 g/mol. The van der Waals surface area contributed by atoms with Crippen molar-refractivity contribution in [3.8, 4) is 11.1 Å². The summed E-state index contributed by atoms with van der Waals surface area (Å²) in [5.74, 6) is 0.342. The molecule has 26 heavy (non-hydrogen) atoms. The first-order chi connectivity index (χ1) is 12.7. The minimum Gasteiger partial charge on any atom is -0.469 e. The molecule has 1 aromatic carbocycles. The number of benzene rings is 1. The molecule has 4 bridgehead atoms. The standard InChI is InChI=1S/C22H23NO2S/c1-25-22(24)21-19-11-18-6-7-20(21)23(18)12-17(19)10-14-2-4-15(5-3-14)16-8-9-26-13-16/h2-5,8-10,13,18-21H,6-7,11-12H2,1H3/b17-10+/t18-,19+,20+,21-/m0/s1. The molecule has 2 aromatic rings. The second-order valence-electron chi connectivity index (χ2n) is 7.72. The van der Waals surface area contributed by atoms with E-state index in [2.05, 4.69) is 52.1 Å². The number of piperidine rings is 3. The summed E-state index contributed by atoms with van der Waals surface area (Å²) in [7, 11) is 1.53. The van der Waals surface area contributed by atoms with Crippen molar-refractivity contribution in [3.63, 3.8) is 0 Å². The molecule has 4 aliphatic heterocycles. The number of hydrogen-bond donors (Lipinski definition) is 0. The molecule has 3 nitrogen and oxygen atoms in total. The molecule has 0 spiro atoms. The van der Waals surface area contributed by atoms with Gasteiger partial charge >= 0.3 is 5.97 Å². The van der Waals surface area contributed by atoms with Crippen LogP contribution in [0.15, 0.2) is 46.7 Å². The van der Waals surface area contributed by atoms with Crippen LogP contribution in [0.3, 0.4) is 0 Å². The van der Waals surface area contributed by atoms with Crippen molar-refractivity contribution >= 4 is 23.4 Å². The van der Waals surface area contributed by atoms with Crippen LogP contribution in [0.1, 0.15) is 24.8 Å². The fourth-order valence-electron chi connectivity index (χ4n) is 5.29. The van der Waals surface area contributed by atoms with E-state index in [1.165, 1.54) is 35.8 Å². The molecular formula is C22H23NO2S. The Morgan fingerprint density at radius 3 is 2.77 bits per heavy atom. The molecule has 4 heteroatoms. The average molecular weight is 365 g/mol. The molecule has 134 valence electrons. The van der Waals surface area contributed by atoms with Crippen molar-refractivity contribution in [2.45, 2.75) is 31.3 Å². The fraction of sp³-hybridized carbons (Fsp3) is 0.409. The third-order valence-electron chi connectivity index (χ3n) is 6.50. The van der Waals surface area contributed by atoms with E-state index in [0.717, 1.165) is 19.4 Å². The van der Waals surface area contributed by atoms with Crippen molar-refractivity contribution in [2.75, 3.05) is 13.7 Å². The second kappa shape index (κ2) is 6.36. The Morgan fingerprint density at radius 2 is 2.04 bits per heavy atom. The van der Waals surface area contributed by atoms with E-state index in [9.17, 15) is 4.79 Å². The molecule has 4 fully saturated rings. The van der Waals surface area contributed by atoms with Crippen molar-refractivity contribution in [2.24, 2.45) is 11.8 Å². The quantitative estimate of drug-likeness (QED) is 0.753. The lowest BCUT2D eigenvalue weighted by Gasteiger charge is -2.50. The van der Waals surface area contributed by atoms with Crippen LogP contribution in [-0.2, 0) is 9.53 Å². The average Bonchev–Trinajstić information content (AvgIpc) is 3.30. The summed E-state index contributed by atoms with van der Waals surface area (Å²) in [5, 5.41) is 4.29. The summed E-state index contributed by atoms with van der Waals surface area (Å²) in [4.78, 5) is 15.0. The minimum atomic E-state index is -0.0243. The van der Waals surface area contributed by atoms with Crippen LogP contribution in [0.5, 0.6) is 0 Å². The first-order valence-electron chi connectivity index (χ1n) is 9.41. The van der Waals surface area contributed by atoms with Crippen molar-refractivity contribution in [1.82, 2.24) is 4.90 Å². The van der Waals surface area contributed by atoms with Gasteiger partial charge in [-0.2, -0.15) is 11.3 Å². The van der Waals surface area contributed by atoms with Gasteiger partial charge in [0.25, 0.3) is 0 Å². The highest BCUT2D eigenvalue weighted by atomic mass is 32.1. The maximum absolute atomic E-state index is 12.4. The van der Waals surface area contributed by atoms with E-state index >= 15 is 0 Å². The lowest BCUT2D eigenvalue weighted by molar-refractivity contribution is -0.153. The topological polar surface area (TPSA) is 29.5 Å². The first-order valence-corrected chi connectivity index (χ1v) is 10.4. The van der Waals surface area contributed by atoms with Gasteiger partial charge in [0.05, 0.1) is 13.0 Å². The molecule has 1 aromatic heterocycles. The molecule has 0 N–H and O–H groups in total. The van der Waals surface area contributed by atoms with Gasteiger partial charge in [0.2, 0.25) is 0 Å². The lowest BCUT2D eigenvalue weighted by Crippen LogP contribution is -2.58. The van der Waals surface area contributed by atoms with Gasteiger partial charge in [-0.3, -0.25) is 9.69 Å². The number of rotatable bonds is 3. The highest BCUT2D eigenvalue weighted by Crippen LogP contribution is 2.50. The molecule has 6 rings (SSSR count). The highest BCUT2D eigenvalue weighted by molar-refractivity contribution is 7.08. The number of hydrogen-bond acceptors (Lipinski definition) is 4. The van der Waals surface area contributed by atoms with Crippen LogP contribution in [-0.4, -0.2) is 36.6 Å². The lowest BCUT2D eigenvalue weighted by atomic mass is 9.71. The summed E-state index contributed by atoms with van der Waals surface area (Å²) in [6.45, 7) is 1.01. The number of thiophene rings is 1. The Morgan fingerprint density at radius 1 is 1.19 bits per heavy atom. The number of carbonyl (C=O) groups is 1. The van der Waals surface area contributed by atoms with Crippen molar-refractivity contribution in [1.29, 1.82) is 0 Å². The normalized spacial score (nSPS) is 33.6. The zero-order chi connectivity index (χ0) is 17.7. The number of methoxy groups -OCH3 is 1. The van der Waals surface area contributed by atoms with Crippen LogP contribution in [0.4, 0.5) is 0 Å². The van der Waals surface area contributed by atoms with Crippen LogP contribution in [0, 0.1) is 11.8 Å². The van der Waals surface area contributed by atoms with Gasteiger partial charge in [-0.1, -0.05) is 35.9 Å². The Kier molecular flexibility index (Phi) is 3.98. The largest absolute Gasteiger partial charge is 0.469 e. The third-order valence-corrected chi connectivity index (χ3v) is 7.18. The smallest absolute Gasteiger partial charge is 0.310 e. The summed E-state index contributed by atoms with van der Waals surface area (Å²) >= 11 is 1.73. The molecule has 1 unspecified atom stereocenters. The number of nitrogens with zero attached hydrogens (tertiary/aromatic N) is 1. The predicted molar refractivity (Wildman–Crippen MR) is 105 cm³/mol. The first kappa shape index (κ1) is 16.3. The van der Waals surface area contributed by atoms with Gasteiger partial charge in [-0.25, -0.2) is 0 Å². The van der Waals surface area contributed by atoms with E-state index in [-0.39, 0.29) is 11.9 Å². The molecule has 5 atom stereocenters. The van der Waals surface area contributed by atoms with Gasteiger partial charge in [-0.05, 0) is 58.7 Å². The van der Waals surface area contributed by atoms with E-state index < -0.39 is 0 Å². The fourth-order valence-corrected chi connectivity index (χ4v) is 5.96. The predicted octanol–water partition coefficient (Wildman–Crippen LogP) is 4.45. The van der Waals surface area contributed by atoms with Crippen LogP contribution >= 0.6 is 11.3 Å². The van der Waals surface area contributed by atoms with Gasteiger partial charge in [0, 0.05) is 18.6 Å². The molecule has 5 heterocycles. The summed E-state index contributed by atoms with van der Waals surface area (Å²) < 4.78 is 5.16. The van der Waals surface area contributed by atoms with E-state index in [1.807, 2.05) is 0 Å². The molecular weight excluding hydrogens is 342 g/mol. The molecule has 4 saturated heterocycles.